The summed E-state index contributed by atoms with van der Waals surface area (Å²) in [4.78, 5) is 5.20. The Labute approximate surface area is 67.1 Å². The first-order chi connectivity index (χ1) is 5.05. The maximum absolute atomic E-state index is 10.7. The highest BCUT2D eigenvalue weighted by molar-refractivity contribution is 8.13. The number of halogens is 1. The van der Waals surface area contributed by atoms with Gasteiger partial charge in [-0.2, -0.15) is 0 Å². The Morgan fingerprint density at radius 1 is 1.73 bits per heavy atom. The fourth-order valence-corrected chi connectivity index (χ4v) is 1.27. The molecule has 0 spiro atoms. The third kappa shape index (κ3) is 1.60. The zero-order chi connectivity index (χ0) is 8.48. The highest BCUT2D eigenvalue weighted by Gasteiger charge is 2.17. The lowest BCUT2D eigenvalue weighted by atomic mass is 10.9. The Morgan fingerprint density at radius 3 is 2.73 bits per heavy atom. The molecule has 0 aromatic carbocycles. The molecule has 0 fully saturated rings. The number of rotatable bonds is 2. The molecule has 0 saturated heterocycles. The number of aromatic nitrogens is 3. The van der Waals surface area contributed by atoms with E-state index in [1.54, 1.807) is 0 Å². The molecule has 0 aliphatic heterocycles. The Hall–Kier alpha value is -0.820. The SMILES string of the molecule is COn1nncc1S(=O)(=O)Cl. The van der Waals surface area contributed by atoms with E-state index in [0.29, 0.717) is 4.85 Å². The van der Waals surface area contributed by atoms with Gasteiger partial charge in [0, 0.05) is 10.7 Å². The Morgan fingerprint density at radius 2 is 2.36 bits per heavy atom. The molecule has 11 heavy (non-hydrogen) atoms. The minimum Gasteiger partial charge on any atom is -0.398 e. The highest BCUT2D eigenvalue weighted by atomic mass is 35.7. The molecule has 1 heterocycles. The van der Waals surface area contributed by atoms with E-state index in [1.165, 1.54) is 7.11 Å². The number of nitrogens with zero attached hydrogens (tertiary/aromatic N) is 3. The van der Waals surface area contributed by atoms with Crippen molar-refractivity contribution < 1.29 is 13.3 Å². The highest BCUT2D eigenvalue weighted by Crippen LogP contribution is 2.10. The standard InChI is InChI=1S/C3H4ClN3O3S/c1-10-7-3(2-5-6-7)11(4,8)9/h2H,1H3. The van der Waals surface area contributed by atoms with Crippen LogP contribution in [0.1, 0.15) is 0 Å². The molecule has 0 amide bonds. The smallest absolute Gasteiger partial charge is 0.283 e. The van der Waals surface area contributed by atoms with Crippen LogP contribution in [0, 0.1) is 0 Å². The van der Waals surface area contributed by atoms with E-state index in [2.05, 4.69) is 15.1 Å². The number of hydrogen-bond acceptors (Lipinski definition) is 5. The summed E-state index contributed by atoms with van der Waals surface area (Å²) in [5.74, 6) is 0. The van der Waals surface area contributed by atoms with Crippen LogP contribution >= 0.6 is 10.7 Å². The molecule has 0 aliphatic carbocycles. The van der Waals surface area contributed by atoms with Crippen LogP contribution in [0.15, 0.2) is 11.2 Å². The molecule has 1 aromatic rings. The van der Waals surface area contributed by atoms with E-state index in [0.717, 1.165) is 6.20 Å². The number of hydrogen-bond donors (Lipinski definition) is 0. The van der Waals surface area contributed by atoms with Crippen molar-refractivity contribution in [2.75, 3.05) is 7.11 Å². The summed E-state index contributed by atoms with van der Waals surface area (Å²) in [7, 11) is 2.41. The lowest BCUT2D eigenvalue weighted by Crippen LogP contribution is -2.12. The average molecular weight is 198 g/mol. The van der Waals surface area contributed by atoms with Gasteiger partial charge < -0.3 is 4.84 Å². The van der Waals surface area contributed by atoms with E-state index in [4.69, 9.17) is 10.7 Å². The molecular formula is C3H4ClN3O3S. The monoisotopic (exact) mass is 197 g/mol. The van der Waals surface area contributed by atoms with Gasteiger partial charge in [-0.05, 0) is 5.21 Å². The summed E-state index contributed by atoms with van der Waals surface area (Å²) in [5, 5.41) is 6.28. The van der Waals surface area contributed by atoms with Crippen molar-refractivity contribution in [1.82, 2.24) is 15.2 Å². The van der Waals surface area contributed by atoms with Gasteiger partial charge in [0.25, 0.3) is 9.05 Å². The molecule has 62 valence electrons. The molecule has 0 bridgehead atoms. The van der Waals surface area contributed by atoms with Crippen LogP contribution in [0.25, 0.3) is 0 Å². The van der Waals surface area contributed by atoms with E-state index < -0.39 is 9.05 Å². The minimum atomic E-state index is -3.82. The van der Waals surface area contributed by atoms with E-state index in [1.807, 2.05) is 0 Å². The molecule has 0 aliphatic rings. The largest absolute Gasteiger partial charge is 0.398 e. The molecule has 0 unspecified atom stereocenters. The summed E-state index contributed by atoms with van der Waals surface area (Å²) in [6, 6.07) is 0. The van der Waals surface area contributed by atoms with Gasteiger partial charge in [-0.1, -0.05) is 4.85 Å². The molecule has 8 heteroatoms. The van der Waals surface area contributed by atoms with Crippen LogP contribution in [-0.4, -0.2) is 30.7 Å². The molecule has 1 aromatic heterocycles. The van der Waals surface area contributed by atoms with Gasteiger partial charge in [-0.15, -0.1) is 5.10 Å². The van der Waals surface area contributed by atoms with Crippen molar-refractivity contribution in [2.24, 2.45) is 0 Å². The van der Waals surface area contributed by atoms with E-state index in [9.17, 15) is 8.42 Å². The lowest BCUT2D eigenvalue weighted by molar-refractivity contribution is 0.108. The molecule has 0 atom stereocenters. The third-order valence-corrected chi connectivity index (χ3v) is 2.15. The summed E-state index contributed by atoms with van der Waals surface area (Å²) < 4.78 is 21.3. The Kier molecular flexibility index (Phi) is 2.01. The van der Waals surface area contributed by atoms with Gasteiger partial charge in [0.1, 0.15) is 7.11 Å². The van der Waals surface area contributed by atoms with Crippen LogP contribution < -0.4 is 4.84 Å². The maximum atomic E-state index is 10.7. The second-order valence-electron chi connectivity index (χ2n) is 1.57. The van der Waals surface area contributed by atoms with Gasteiger partial charge in [0.05, 0.1) is 6.20 Å². The van der Waals surface area contributed by atoms with Crippen molar-refractivity contribution >= 4 is 19.7 Å². The van der Waals surface area contributed by atoms with Gasteiger partial charge >= 0.3 is 0 Å². The zero-order valence-corrected chi connectivity index (χ0v) is 7.00. The fourth-order valence-electron chi connectivity index (χ4n) is 0.498. The second-order valence-corrected chi connectivity index (χ2v) is 4.08. The maximum Gasteiger partial charge on any atom is 0.283 e. The van der Waals surface area contributed by atoms with E-state index >= 15 is 0 Å². The molecule has 0 radical (unpaired) electrons. The van der Waals surface area contributed by atoms with Gasteiger partial charge in [-0.25, -0.2) is 8.42 Å². The van der Waals surface area contributed by atoms with Crippen LogP contribution in [-0.2, 0) is 9.05 Å². The summed E-state index contributed by atoms with van der Waals surface area (Å²) in [6.07, 6.45) is 0.992. The molecule has 0 saturated carbocycles. The first-order valence-corrected chi connectivity index (χ1v) is 4.76. The van der Waals surface area contributed by atoms with Crippen LogP contribution in [0.5, 0.6) is 0 Å². The first-order valence-electron chi connectivity index (χ1n) is 2.45. The van der Waals surface area contributed by atoms with Gasteiger partial charge in [0.2, 0.25) is 5.03 Å². The van der Waals surface area contributed by atoms with Crippen molar-refractivity contribution in [3.8, 4) is 0 Å². The summed E-state index contributed by atoms with van der Waals surface area (Å²) in [6.45, 7) is 0. The lowest BCUT2D eigenvalue weighted by Gasteiger charge is -1.97. The molecule has 1 rings (SSSR count). The van der Waals surface area contributed by atoms with E-state index in [-0.39, 0.29) is 5.03 Å². The molecular weight excluding hydrogens is 194 g/mol. The Balaban J connectivity index is 3.24. The summed E-state index contributed by atoms with van der Waals surface area (Å²) >= 11 is 0. The quantitative estimate of drug-likeness (QED) is 0.584. The molecule has 0 N–H and O–H groups in total. The van der Waals surface area contributed by atoms with Crippen molar-refractivity contribution in [3.05, 3.63) is 6.20 Å². The van der Waals surface area contributed by atoms with Crippen molar-refractivity contribution in [2.45, 2.75) is 5.03 Å². The van der Waals surface area contributed by atoms with Crippen LogP contribution in [0.2, 0.25) is 0 Å². The van der Waals surface area contributed by atoms with Crippen LogP contribution in [0.3, 0.4) is 0 Å². The van der Waals surface area contributed by atoms with Crippen LogP contribution in [0.4, 0.5) is 0 Å². The third-order valence-electron chi connectivity index (χ3n) is 0.912. The van der Waals surface area contributed by atoms with Gasteiger partial charge in [0.15, 0.2) is 0 Å². The van der Waals surface area contributed by atoms with Crippen molar-refractivity contribution in [3.63, 3.8) is 0 Å². The predicted octanol–water partition coefficient (Wildman–Crippen LogP) is -0.736. The normalized spacial score (nSPS) is 11.5. The Bertz CT molecular complexity index is 344. The van der Waals surface area contributed by atoms with Gasteiger partial charge in [-0.3, -0.25) is 0 Å². The minimum absolute atomic E-state index is 0.290. The van der Waals surface area contributed by atoms with Crippen molar-refractivity contribution in [1.29, 1.82) is 0 Å². The summed E-state index contributed by atoms with van der Waals surface area (Å²) in [5.41, 5.74) is 0. The first kappa shape index (κ1) is 8.28. The zero-order valence-electron chi connectivity index (χ0n) is 5.43. The average Bonchev–Trinajstić information content (AvgIpc) is 2.31. The topological polar surface area (TPSA) is 74.1 Å². The second kappa shape index (κ2) is 2.67. The fraction of sp³-hybridized carbons (Fsp3) is 0.333. The predicted molar refractivity (Wildman–Crippen MR) is 35.6 cm³/mol. The molecule has 6 nitrogen and oxygen atoms in total.